The summed E-state index contributed by atoms with van der Waals surface area (Å²) in [7, 11) is 0. The number of halogens is 2. The Morgan fingerprint density at radius 2 is 1.78 bits per heavy atom. The summed E-state index contributed by atoms with van der Waals surface area (Å²) < 4.78 is 27.7. The van der Waals surface area contributed by atoms with Gasteiger partial charge in [-0.3, -0.25) is 0 Å². The first kappa shape index (κ1) is 19.2. The third kappa shape index (κ3) is 4.98. The van der Waals surface area contributed by atoms with E-state index in [9.17, 15) is 8.78 Å². The zero-order chi connectivity index (χ0) is 19.2. The molecule has 6 heteroatoms. The number of guanidine groups is 1. The van der Waals surface area contributed by atoms with Gasteiger partial charge in [0.2, 0.25) is 0 Å². The van der Waals surface area contributed by atoms with Gasteiger partial charge in [-0.25, -0.2) is 13.8 Å². The average molecular weight is 385 g/mol. The zero-order valence-corrected chi connectivity index (χ0v) is 15.6. The van der Waals surface area contributed by atoms with Crippen LogP contribution >= 0.6 is 12.6 Å². The highest BCUT2D eigenvalue weighted by atomic mass is 32.1. The topological polar surface area (TPSA) is 50.4 Å². The number of nitrogens with zero attached hydrogens (tertiary/aromatic N) is 1. The van der Waals surface area contributed by atoms with Crippen LogP contribution in [-0.4, -0.2) is 12.5 Å². The quantitative estimate of drug-likeness (QED) is 0.385. The Hall–Kier alpha value is -2.60. The molecule has 0 amide bonds. The minimum atomic E-state index is -0.263. The van der Waals surface area contributed by atoms with Crippen molar-refractivity contribution in [2.24, 2.45) is 10.7 Å². The molecule has 0 unspecified atom stereocenters. The lowest BCUT2D eigenvalue weighted by molar-refractivity contribution is 0.614. The summed E-state index contributed by atoms with van der Waals surface area (Å²) in [6.07, 6.45) is 5.29. The molecule has 0 saturated heterocycles. The molecule has 3 N–H and O–H groups in total. The van der Waals surface area contributed by atoms with Crippen molar-refractivity contribution in [1.29, 1.82) is 0 Å². The molecule has 2 aromatic rings. The molecule has 27 heavy (non-hydrogen) atoms. The Morgan fingerprint density at radius 1 is 1.04 bits per heavy atom. The van der Waals surface area contributed by atoms with Crippen LogP contribution in [0.3, 0.4) is 0 Å². The van der Waals surface area contributed by atoms with E-state index in [-0.39, 0.29) is 24.1 Å². The lowest BCUT2D eigenvalue weighted by Gasteiger charge is -2.15. The summed E-state index contributed by atoms with van der Waals surface area (Å²) >= 11 is 4.47. The number of para-hydroxylation sites is 1. The number of nitrogens with two attached hydrogens (primary N) is 1. The number of anilines is 1. The maximum atomic E-state index is 14.0. The van der Waals surface area contributed by atoms with Crippen molar-refractivity contribution in [2.75, 3.05) is 11.9 Å². The molecular weight excluding hydrogens is 364 g/mol. The molecular formula is C21H21F2N3S. The Kier molecular flexibility index (Phi) is 6.29. The van der Waals surface area contributed by atoms with Gasteiger partial charge in [0, 0.05) is 16.9 Å². The van der Waals surface area contributed by atoms with Crippen molar-refractivity contribution in [3.8, 4) is 0 Å². The molecule has 0 fully saturated rings. The molecule has 0 bridgehead atoms. The number of aliphatic imine (C=N–C) groups is 1. The van der Waals surface area contributed by atoms with Gasteiger partial charge in [0.25, 0.3) is 0 Å². The normalized spacial score (nSPS) is 14.6. The monoisotopic (exact) mass is 385 g/mol. The van der Waals surface area contributed by atoms with Crippen molar-refractivity contribution in [1.82, 2.24) is 0 Å². The van der Waals surface area contributed by atoms with E-state index < -0.39 is 0 Å². The molecule has 3 nitrogen and oxygen atoms in total. The van der Waals surface area contributed by atoms with Crippen LogP contribution in [-0.2, 0) is 6.42 Å². The second kappa shape index (κ2) is 8.86. The van der Waals surface area contributed by atoms with Crippen molar-refractivity contribution >= 4 is 24.3 Å². The number of hydrogen-bond acceptors (Lipinski definition) is 2. The van der Waals surface area contributed by atoms with Crippen LogP contribution in [0.4, 0.5) is 14.5 Å². The van der Waals surface area contributed by atoms with Crippen molar-refractivity contribution < 1.29 is 8.78 Å². The van der Waals surface area contributed by atoms with Gasteiger partial charge < -0.3 is 11.1 Å². The largest absolute Gasteiger partial charge is 0.370 e. The van der Waals surface area contributed by atoms with Crippen molar-refractivity contribution in [3.05, 3.63) is 83.0 Å². The molecule has 1 aliphatic rings. The van der Waals surface area contributed by atoms with Gasteiger partial charge in [0.05, 0.1) is 12.2 Å². The maximum Gasteiger partial charge on any atom is 0.193 e. The van der Waals surface area contributed by atoms with E-state index in [1.54, 1.807) is 24.3 Å². The van der Waals surface area contributed by atoms with Gasteiger partial charge in [-0.05, 0) is 42.2 Å². The van der Waals surface area contributed by atoms with E-state index in [0.29, 0.717) is 34.6 Å². The third-order valence-corrected chi connectivity index (χ3v) is 4.70. The highest BCUT2D eigenvalue weighted by Gasteiger charge is 2.11. The summed E-state index contributed by atoms with van der Waals surface area (Å²) in [5.41, 5.74) is 8.62. The van der Waals surface area contributed by atoms with Crippen LogP contribution in [0.15, 0.2) is 75.9 Å². The van der Waals surface area contributed by atoms with E-state index in [1.807, 2.05) is 24.3 Å². The van der Waals surface area contributed by atoms with Gasteiger partial charge in [-0.2, -0.15) is 0 Å². The molecule has 0 aliphatic heterocycles. The van der Waals surface area contributed by atoms with Crippen LogP contribution in [0.5, 0.6) is 0 Å². The lowest BCUT2D eigenvalue weighted by Crippen LogP contribution is -2.24. The number of thiol groups is 1. The molecule has 2 aromatic carbocycles. The second-order valence-electron chi connectivity index (χ2n) is 6.26. The minimum Gasteiger partial charge on any atom is -0.370 e. The smallest absolute Gasteiger partial charge is 0.193 e. The minimum absolute atomic E-state index is 0.158. The summed E-state index contributed by atoms with van der Waals surface area (Å²) in [6.45, 7) is 0.165. The first-order chi connectivity index (χ1) is 13.0. The van der Waals surface area contributed by atoms with Gasteiger partial charge >= 0.3 is 0 Å². The van der Waals surface area contributed by atoms with E-state index in [1.165, 1.54) is 6.07 Å². The van der Waals surface area contributed by atoms with Crippen LogP contribution < -0.4 is 11.1 Å². The van der Waals surface area contributed by atoms with E-state index >= 15 is 0 Å². The fraction of sp³-hybridized carbons (Fsp3) is 0.190. The maximum absolute atomic E-state index is 14.0. The summed E-state index contributed by atoms with van der Waals surface area (Å²) in [5.74, 6) is -0.348. The molecule has 3 rings (SSSR count). The Morgan fingerprint density at radius 3 is 2.56 bits per heavy atom. The van der Waals surface area contributed by atoms with Gasteiger partial charge in [0.1, 0.15) is 11.6 Å². The summed E-state index contributed by atoms with van der Waals surface area (Å²) in [5, 5.41) is 3.03. The Labute approximate surface area is 163 Å². The van der Waals surface area contributed by atoms with E-state index in [4.69, 9.17) is 5.73 Å². The van der Waals surface area contributed by atoms with Gasteiger partial charge in [-0.15, -0.1) is 12.6 Å². The molecule has 0 spiro atoms. The highest BCUT2D eigenvalue weighted by Crippen LogP contribution is 2.27. The number of rotatable bonds is 5. The van der Waals surface area contributed by atoms with Crippen LogP contribution in [0.25, 0.3) is 0 Å². The number of nitrogens with one attached hydrogen (secondary N) is 1. The summed E-state index contributed by atoms with van der Waals surface area (Å²) in [6, 6.07) is 12.2. The molecule has 0 atom stereocenters. The molecule has 0 radical (unpaired) electrons. The van der Waals surface area contributed by atoms with Crippen LogP contribution in [0.2, 0.25) is 0 Å². The second-order valence-corrected chi connectivity index (χ2v) is 6.75. The van der Waals surface area contributed by atoms with Gasteiger partial charge in [0.15, 0.2) is 5.96 Å². The summed E-state index contributed by atoms with van der Waals surface area (Å²) in [4.78, 5) is 4.90. The average Bonchev–Trinajstić information content (AvgIpc) is 2.66. The molecule has 0 heterocycles. The predicted octanol–water partition coefficient (Wildman–Crippen LogP) is 5.01. The van der Waals surface area contributed by atoms with Crippen molar-refractivity contribution in [3.63, 3.8) is 0 Å². The molecule has 0 saturated carbocycles. The number of benzene rings is 2. The molecule has 140 valence electrons. The Balaban J connectivity index is 1.78. The highest BCUT2D eigenvalue weighted by molar-refractivity contribution is 7.80. The standard InChI is InChI=1S/C21H21F2N3S/c22-17-9-3-1-6-14(17)12-15-8-5-11-19(27)20(15)26-21(24)25-13-16-7-2-4-10-18(16)23/h1,3,5-11,27H,2,4,12-13H2,(H3,24,25,26). The fourth-order valence-electron chi connectivity index (χ4n) is 2.90. The number of allylic oxidation sites excluding steroid dienone is 2. The van der Waals surface area contributed by atoms with E-state index in [0.717, 1.165) is 12.0 Å². The fourth-order valence-corrected chi connectivity index (χ4v) is 3.18. The zero-order valence-electron chi connectivity index (χ0n) is 14.8. The number of hydrogen-bond donors (Lipinski definition) is 3. The predicted molar refractivity (Wildman–Crippen MR) is 110 cm³/mol. The van der Waals surface area contributed by atoms with Crippen LogP contribution in [0.1, 0.15) is 24.0 Å². The van der Waals surface area contributed by atoms with E-state index in [2.05, 4.69) is 22.9 Å². The molecule has 0 aromatic heterocycles. The SMILES string of the molecule is NC(=NCC1=CCCC=C1F)Nc1c(S)cccc1Cc1ccccc1F. The third-order valence-electron chi connectivity index (χ3n) is 4.33. The first-order valence-electron chi connectivity index (χ1n) is 8.71. The first-order valence-corrected chi connectivity index (χ1v) is 9.15. The Bertz CT molecular complexity index is 919. The molecule has 1 aliphatic carbocycles. The van der Waals surface area contributed by atoms with Crippen LogP contribution in [0, 0.1) is 5.82 Å². The van der Waals surface area contributed by atoms with Crippen molar-refractivity contribution in [2.45, 2.75) is 24.2 Å². The van der Waals surface area contributed by atoms with Gasteiger partial charge in [-0.1, -0.05) is 36.4 Å². The lowest BCUT2D eigenvalue weighted by atomic mass is 10.0.